The summed E-state index contributed by atoms with van der Waals surface area (Å²) >= 11 is 3.59. The molecule has 0 atom stereocenters. The summed E-state index contributed by atoms with van der Waals surface area (Å²) < 4.78 is 8.55. The van der Waals surface area contributed by atoms with Crippen LogP contribution in [0.5, 0.6) is 5.75 Å². The molecule has 0 aliphatic rings. The Morgan fingerprint density at radius 1 is 0.923 bits per heavy atom. The number of hydrogen-bond acceptors (Lipinski definition) is 2. The molecular formula is C22H15BrN2O. The molecule has 0 saturated heterocycles. The van der Waals surface area contributed by atoms with E-state index in [-0.39, 0.29) is 0 Å². The second-order valence-electron chi connectivity index (χ2n) is 6.25. The summed E-state index contributed by atoms with van der Waals surface area (Å²) in [7, 11) is 1.68. The van der Waals surface area contributed by atoms with Crippen LogP contribution in [-0.2, 0) is 0 Å². The topological polar surface area (TPSA) is 26.5 Å². The van der Waals surface area contributed by atoms with Crippen molar-refractivity contribution >= 4 is 43.3 Å². The molecule has 26 heavy (non-hydrogen) atoms. The van der Waals surface area contributed by atoms with Crippen molar-refractivity contribution in [2.24, 2.45) is 0 Å². The second-order valence-corrected chi connectivity index (χ2v) is 7.17. The Labute approximate surface area is 159 Å². The molecule has 5 aromatic rings. The minimum absolute atomic E-state index is 0.841. The molecule has 0 fully saturated rings. The van der Waals surface area contributed by atoms with E-state index in [1.165, 1.54) is 10.8 Å². The third-order valence-electron chi connectivity index (χ3n) is 4.75. The zero-order valence-electron chi connectivity index (χ0n) is 14.1. The molecule has 0 saturated carbocycles. The molecule has 0 amide bonds. The molecule has 4 heteroatoms. The summed E-state index contributed by atoms with van der Waals surface area (Å²) in [5.74, 6) is 0.841. The smallest absolute Gasteiger partial charge is 0.118 e. The molecule has 0 aliphatic heterocycles. The average Bonchev–Trinajstić information content (AvgIpc) is 3.06. The van der Waals surface area contributed by atoms with Gasteiger partial charge >= 0.3 is 0 Å². The number of methoxy groups -OCH3 is 1. The third-order valence-corrected chi connectivity index (χ3v) is 5.22. The predicted molar refractivity (Wildman–Crippen MR) is 110 cm³/mol. The lowest BCUT2D eigenvalue weighted by Gasteiger charge is -2.09. The molecule has 2 aromatic carbocycles. The lowest BCUT2D eigenvalue weighted by atomic mass is 10.1. The van der Waals surface area contributed by atoms with Crippen LogP contribution < -0.4 is 4.74 Å². The molecule has 126 valence electrons. The standard InChI is InChI=1S/C22H15BrN2O/c1-26-17-10-6-14(7-11-17)21-22-19(18-4-2-3-5-20(18)24-21)12-16-9-8-15(23)13-25(16)22/h2-13H,1H3. The second kappa shape index (κ2) is 5.85. The largest absolute Gasteiger partial charge is 0.497 e. The first-order valence-corrected chi connectivity index (χ1v) is 9.17. The van der Waals surface area contributed by atoms with Crippen LogP contribution in [0.15, 0.2) is 77.4 Å². The van der Waals surface area contributed by atoms with E-state index < -0.39 is 0 Å². The maximum atomic E-state index is 5.30. The number of hydrogen-bond donors (Lipinski definition) is 0. The van der Waals surface area contributed by atoms with E-state index in [4.69, 9.17) is 9.72 Å². The lowest BCUT2D eigenvalue weighted by molar-refractivity contribution is 0.415. The molecule has 0 bridgehead atoms. The number of rotatable bonds is 2. The minimum Gasteiger partial charge on any atom is -0.497 e. The zero-order valence-corrected chi connectivity index (χ0v) is 15.7. The van der Waals surface area contributed by atoms with Crippen LogP contribution in [-0.4, -0.2) is 16.5 Å². The van der Waals surface area contributed by atoms with E-state index in [1.54, 1.807) is 7.11 Å². The highest BCUT2D eigenvalue weighted by atomic mass is 79.9. The van der Waals surface area contributed by atoms with Crippen molar-refractivity contribution in [3.8, 4) is 17.0 Å². The van der Waals surface area contributed by atoms with Gasteiger partial charge in [-0.25, -0.2) is 4.98 Å². The predicted octanol–water partition coefficient (Wildman–Crippen LogP) is 6.08. The summed E-state index contributed by atoms with van der Waals surface area (Å²) in [5.41, 5.74) is 5.31. The van der Waals surface area contributed by atoms with Crippen LogP contribution >= 0.6 is 15.9 Å². The molecule has 5 rings (SSSR count). The average molecular weight is 403 g/mol. The van der Waals surface area contributed by atoms with Crippen LogP contribution in [0.3, 0.4) is 0 Å². The lowest BCUT2D eigenvalue weighted by Crippen LogP contribution is -1.92. The molecule has 3 aromatic heterocycles. The number of nitrogens with zero attached hydrogens (tertiary/aromatic N) is 2. The van der Waals surface area contributed by atoms with Gasteiger partial charge in [-0.05, 0) is 64.5 Å². The minimum atomic E-state index is 0.841. The van der Waals surface area contributed by atoms with E-state index in [0.717, 1.165) is 38.0 Å². The molecule has 3 nitrogen and oxygen atoms in total. The van der Waals surface area contributed by atoms with Crippen molar-refractivity contribution in [1.82, 2.24) is 9.38 Å². The first-order chi connectivity index (χ1) is 12.7. The fourth-order valence-electron chi connectivity index (χ4n) is 3.51. The summed E-state index contributed by atoms with van der Waals surface area (Å²) in [6, 6.07) is 22.8. The number of pyridine rings is 2. The van der Waals surface area contributed by atoms with Gasteiger partial charge in [-0.2, -0.15) is 0 Å². The van der Waals surface area contributed by atoms with Crippen LogP contribution in [0.25, 0.3) is 38.6 Å². The SMILES string of the molecule is COc1ccc(-c2nc3ccccc3c3cc4ccc(Br)cn4c23)cc1. The van der Waals surface area contributed by atoms with Crippen LogP contribution in [0.4, 0.5) is 0 Å². The number of aromatic nitrogens is 2. The number of benzene rings is 2. The Morgan fingerprint density at radius 2 is 1.73 bits per heavy atom. The normalized spacial score (nSPS) is 11.5. The van der Waals surface area contributed by atoms with Gasteiger partial charge in [0.2, 0.25) is 0 Å². The molecule has 0 aliphatic carbocycles. The van der Waals surface area contributed by atoms with E-state index in [9.17, 15) is 0 Å². The van der Waals surface area contributed by atoms with E-state index >= 15 is 0 Å². The molecule has 0 unspecified atom stereocenters. The monoisotopic (exact) mass is 402 g/mol. The highest BCUT2D eigenvalue weighted by molar-refractivity contribution is 9.10. The highest BCUT2D eigenvalue weighted by Gasteiger charge is 2.15. The maximum Gasteiger partial charge on any atom is 0.118 e. The van der Waals surface area contributed by atoms with Crippen LogP contribution in [0, 0.1) is 0 Å². The van der Waals surface area contributed by atoms with Gasteiger partial charge in [0, 0.05) is 32.5 Å². The van der Waals surface area contributed by atoms with Gasteiger partial charge in [0.15, 0.2) is 0 Å². The number of para-hydroxylation sites is 1. The quantitative estimate of drug-likeness (QED) is 0.357. The van der Waals surface area contributed by atoms with Crippen molar-refractivity contribution in [3.63, 3.8) is 0 Å². The van der Waals surface area contributed by atoms with Gasteiger partial charge in [0.25, 0.3) is 0 Å². The van der Waals surface area contributed by atoms with E-state index in [1.807, 2.05) is 18.2 Å². The highest BCUT2D eigenvalue weighted by Crippen LogP contribution is 2.35. The summed E-state index contributed by atoms with van der Waals surface area (Å²) in [5, 5.41) is 2.37. The van der Waals surface area contributed by atoms with Gasteiger partial charge in [-0.1, -0.05) is 18.2 Å². The summed E-state index contributed by atoms with van der Waals surface area (Å²) in [6.07, 6.45) is 2.10. The molecule has 0 N–H and O–H groups in total. The number of halogens is 1. The number of fused-ring (bicyclic) bond motifs is 5. The van der Waals surface area contributed by atoms with Gasteiger partial charge in [-0.3, -0.25) is 0 Å². The van der Waals surface area contributed by atoms with Crippen molar-refractivity contribution < 1.29 is 4.74 Å². The zero-order chi connectivity index (χ0) is 17.7. The molecule has 0 spiro atoms. The molecule has 0 radical (unpaired) electrons. The Morgan fingerprint density at radius 3 is 2.54 bits per heavy atom. The molecule has 3 heterocycles. The van der Waals surface area contributed by atoms with Crippen molar-refractivity contribution in [2.75, 3.05) is 7.11 Å². The third kappa shape index (κ3) is 2.30. The van der Waals surface area contributed by atoms with Crippen molar-refractivity contribution in [1.29, 1.82) is 0 Å². The van der Waals surface area contributed by atoms with Crippen molar-refractivity contribution in [2.45, 2.75) is 0 Å². The van der Waals surface area contributed by atoms with Gasteiger partial charge in [0.1, 0.15) is 5.75 Å². The van der Waals surface area contributed by atoms with Gasteiger partial charge < -0.3 is 9.14 Å². The first kappa shape index (κ1) is 15.4. The summed E-state index contributed by atoms with van der Waals surface area (Å²) in [4.78, 5) is 5.00. The Balaban J connectivity index is 1.95. The fraction of sp³-hybridized carbons (Fsp3) is 0.0455. The van der Waals surface area contributed by atoms with E-state index in [2.05, 4.69) is 75.1 Å². The Kier molecular flexibility index (Phi) is 3.47. The maximum absolute atomic E-state index is 5.30. The Bertz CT molecular complexity index is 1270. The van der Waals surface area contributed by atoms with Gasteiger partial charge in [-0.15, -0.1) is 0 Å². The summed E-state index contributed by atoms with van der Waals surface area (Å²) in [6.45, 7) is 0. The fourth-order valence-corrected chi connectivity index (χ4v) is 3.85. The first-order valence-electron chi connectivity index (χ1n) is 8.38. The number of ether oxygens (including phenoxy) is 1. The molecular weight excluding hydrogens is 388 g/mol. The van der Waals surface area contributed by atoms with Crippen LogP contribution in [0.2, 0.25) is 0 Å². The van der Waals surface area contributed by atoms with Gasteiger partial charge in [0.05, 0.1) is 23.8 Å². The van der Waals surface area contributed by atoms with Crippen LogP contribution in [0.1, 0.15) is 0 Å². The van der Waals surface area contributed by atoms with Crippen molar-refractivity contribution in [3.05, 3.63) is 77.4 Å². The Hall–Kier alpha value is -2.85. The van der Waals surface area contributed by atoms with E-state index in [0.29, 0.717) is 0 Å².